The molecule has 11 heteroatoms. The van der Waals surface area contributed by atoms with Crippen molar-refractivity contribution in [1.82, 2.24) is 15.5 Å². The van der Waals surface area contributed by atoms with Gasteiger partial charge >= 0.3 is 12.1 Å². The average Bonchev–Trinajstić information content (AvgIpc) is 3.48. The van der Waals surface area contributed by atoms with Gasteiger partial charge in [0.15, 0.2) is 11.4 Å². The number of halogens is 1. The Kier molecular flexibility index (Phi) is 7.29. The number of nitrogens with one attached hydrogen (secondary N) is 2. The number of ketones is 1. The van der Waals surface area contributed by atoms with E-state index < -0.39 is 23.6 Å². The van der Waals surface area contributed by atoms with Crippen LogP contribution in [0.5, 0.6) is 5.75 Å². The lowest BCUT2D eigenvalue weighted by atomic mass is 9.85. The molecule has 2 N–H and O–H groups in total. The second-order valence-electron chi connectivity index (χ2n) is 9.88. The lowest BCUT2D eigenvalue weighted by Gasteiger charge is -2.28. The van der Waals surface area contributed by atoms with Crippen LogP contribution in [0.3, 0.4) is 0 Å². The molecule has 1 saturated heterocycles. The largest absolute Gasteiger partial charge is 0.497 e. The van der Waals surface area contributed by atoms with Gasteiger partial charge in [-0.3, -0.25) is 14.5 Å². The molecule has 5 rings (SSSR count). The van der Waals surface area contributed by atoms with Gasteiger partial charge in [0.05, 0.1) is 25.9 Å². The van der Waals surface area contributed by atoms with Crippen molar-refractivity contribution in [3.05, 3.63) is 83.3 Å². The quantitative estimate of drug-likeness (QED) is 0.549. The predicted molar refractivity (Wildman–Crippen MR) is 143 cm³/mol. The highest BCUT2D eigenvalue weighted by Crippen LogP contribution is 2.48. The van der Waals surface area contributed by atoms with Crippen LogP contribution in [0.15, 0.2) is 72.0 Å². The summed E-state index contributed by atoms with van der Waals surface area (Å²) in [6.07, 6.45) is 3.48. The Morgan fingerprint density at radius 1 is 1.12 bits per heavy atom. The van der Waals surface area contributed by atoms with Gasteiger partial charge in [-0.2, -0.15) is 0 Å². The summed E-state index contributed by atoms with van der Waals surface area (Å²) in [5, 5.41) is 4.95. The molecule has 10 nitrogen and oxygen atoms in total. The zero-order chi connectivity index (χ0) is 28.4. The monoisotopic (exact) mass is 548 g/mol. The minimum absolute atomic E-state index is 0.117. The number of hydrogen-bond acceptors (Lipinski definition) is 6. The first kappa shape index (κ1) is 26.9. The smallest absolute Gasteiger partial charge is 0.411 e. The second kappa shape index (κ2) is 10.8. The third-order valence-electron chi connectivity index (χ3n) is 7.48. The van der Waals surface area contributed by atoms with Crippen molar-refractivity contribution in [2.24, 2.45) is 5.92 Å². The number of benzene rings is 2. The molecular weight excluding hydrogens is 519 g/mol. The third-order valence-corrected chi connectivity index (χ3v) is 7.48. The number of fused-ring (bicyclic) bond motifs is 2. The highest BCUT2D eigenvalue weighted by molar-refractivity contribution is 6.04. The van der Waals surface area contributed by atoms with E-state index in [-0.39, 0.29) is 42.8 Å². The number of urea groups is 1. The number of carbonyl (C=O) groups is 4. The normalized spacial score (nSPS) is 21.4. The van der Waals surface area contributed by atoms with Crippen molar-refractivity contribution in [2.75, 3.05) is 32.1 Å². The SMILES string of the molecule is CNC(=O)NC1=CC=C2C(CC[C@]23CN(CC(=O)N(Cc2ccc(F)cc2)c2ccc(OC)cc2)C(=O)O3)C1=O. The molecule has 2 aromatic rings. The van der Waals surface area contributed by atoms with Crippen molar-refractivity contribution in [3.8, 4) is 5.75 Å². The Hall–Kier alpha value is -4.67. The minimum atomic E-state index is -1.02. The number of nitrogens with zero attached hydrogens (tertiary/aromatic N) is 2. The lowest BCUT2D eigenvalue weighted by Crippen LogP contribution is -2.42. The standard InChI is InChI=1S/C29H29FN4O6/c1-31-27(37)32-24-12-11-23-22(26(24)36)13-14-29(23)17-33(28(38)40-29)16-25(35)34(15-18-3-5-19(30)6-4-18)20-7-9-21(39-2)10-8-20/h3-12,22H,13-17H2,1-2H3,(H2,31,32,37)/t22?,29-/m0/s1. The molecular formula is C29H29FN4O6. The number of allylic oxidation sites excluding steroid dienone is 3. The first-order chi connectivity index (χ1) is 19.2. The van der Waals surface area contributed by atoms with E-state index in [9.17, 15) is 23.6 Å². The van der Waals surface area contributed by atoms with Gasteiger partial charge in [0.1, 0.15) is 18.1 Å². The maximum Gasteiger partial charge on any atom is 0.411 e. The molecule has 1 unspecified atom stereocenters. The van der Waals surface area contributed by atoms with Crippen LogP contribution in [0.4, 0.5) is 19.7 Å². The van der Waals surface area contributed by atoms with Gasteiger partial charge in [-0.1, -0.05) is 18.2 Å². The Labute approximate surface area is 230 Å². The van der Waals surface area contributed by atoms with E-state index in [0.717, 1.165) is 0 Å². The molecule has 208 valence electrons. The predicted octanol–water partition coefficient (Wildman–Crippen LogP) is 3.29. The van der Waals surface area contributed by atoms with Crippen molar-refractivity contribution in [1.29, 1.82) is 0 Å². The van der Waals surface area contributed by atoms with E-state index in [0.29, 0.717) is 35.4 Å². The molecule has 2 atom stereocenters. The fraction of sp³-hybridized carbons (Fsp3) is 0.310. The van der Waals surface area contributed by atoms with E-state index >= 15 is 0 Å². The van der Waals surface area contributed by atoms with Gasteiger partial charge in [-0.05, 0) is 66.5 Å². The number of hydrogen-bond donors (Lipinski definition) is 2. The number of anilines is 1. The Morgan fingerprint density at radius 3 is 2.52 bits per heavy atom. The van der Waals surface area contributed by atoms with Gasteiger partial charge in [-0.25, -0.2) is 14.0 Å². The van der Waals surface area contributed by atoms with E-state index in [2.05, 4.69) is 10.6 Å². The maximum atomic E-state index is 13.6. The van der Waals surface area contributed by atoms with Crippen molar-refractivity contribution in [3.63, 3.8) is 0 Å². The molecule has 40 heavy (non-hydrogen) atoms. The fourth-order valence-corrected chi connectivity index (χ4v) is 5.41. The van der Waals surface area contributed by atoms with E-state index in [4.69, 9.17) is 9.47 Å². The molecule has 1 aliphatic heterocycles. The summed E-state index contributed by atoms with van der Waals surface area (Å²) in [7, 11) is 3.00. The maximum absolute atomic E-state index is 13.6. The third kappa shape index (κ3) is 5.14. The molecule has 2 aliphatic carbocycles. The van der Waals surface area contributed by atoms with Crippen LogP contribution >= 0.6 is 0 Å². The molecule has 0 bridgehead atoms. The van der Waals surface area contributed by atoms with Gasteiger partial charge in [0.2, 0.25) is 5.91 Å². The molecule has 0 radical (unpaired) electrons. The highest BCUT2D eigenvalue weighted by Gasteiger charge is 2.56. The topological polar surface area (TPSA) is 117 Å². The van der Waals surface area contributed by atoms with Crippen LogP contribution < -0.4 is 20.3 Å². The summed E-state index contributed by atoms with van der Waals surface area (Å²) in [6, 6.07) is 12.3. The van der Waals surface area contributed by atoms with Gasteiger partial charge in [0, 0.05) is 18.7 Å². The summed E-state index contributed by atoms with van der Waals surface area (Å²) in [6.45, 7) is 0.0262. The summed E-state index contributed by atoms with van der Waals surface area (Å²) in [5.41, 5.74) is 1.12. The zero-order valence-corrected chi connectivity index (χ0v) is 22.1. The summed E-state index contributed by atoms with van der Waals surface area (Å²) in [5.74, 6) is -0.878. The van der Waals surface area contributed by atoms with Crippen molar-refractivity contribution < 1.29 is 33.0 Å². The molecule has 2 aromatic carbocycles. The second-order valence-corrected chi connectivity index (χ2v) is 9.88. The number of methoxy groups -OCH3 is 1. The number of rotatable bonds is 7. The molecule has 1 spiro atoms. The highest BCUT2D eigenvalue weighted by atomic mass is 19.1. The first-order valence-electron chi connectivity index (χ1n) is 12.8. The Balaban J connectivity index is 1.35. The molecule has 2 fully saturated rings. The first-order valence-corrected chi connectivity index (χ1v) is 12.8. The number of carbonyl (C=O) groups excluding carboxylic acids is 4. The average molecular weight is 549 g/mol. The van der Waals surface area contributed by atoms with Crippen LogP contribution in [0, 0.1) is 11.7 Å². The van der Waals surface area contributed by atoms with Crippen LogP contribution in [0.2, 0.25) is 0 Å². The van der Waals surface area contributed by atoms with E-state index in [1.807, 2.05) is 0 Å². The summed E-state index contributed by atoms with van der Waals surface area (Å²) >= 11 is 0. The van der Waals surface area contributed by atoms with Crippen LogP contribution in [0.1, 0.15) is 18.4 Å². The van der Waals surface area contributed by atoms with Gasteiger partial charge in [0.25, 0.3) is 0 Å². The zero-order valence-electron chi connectivity index (χ0n) is 22.1. The molecule has 3 aliphatic rings. The molecule has 1 heterocycles. The Morgan fingerprint density at radius 2 is 1.85 bits per heavy atom. The van der Waals surface area contributed by atoms with Crippen LogP contribution in [-0.4, -0.2) is 61.6 Å². The lowest BCUT2D eigenvalue weighted by molar-refractivity contribution is -0.119. The summed E-state index contributed by atoms with van der Waals surface area (Å²) < 4.78 is 24.5. The number of ether oxygens (including phenoxy) is 2. The summed E-state index contributed by atoms with van der Waals surface area (Å²) in [4.78, 5) is 54.2. The Bertz CT molecular complexity index is 1400. The molecule has 1 saturated carbocycles. The van der Waals surface area contributed by atoms with E-state index in [1.54, 1.807) is 49.6 Å². The van der Waals surface area contributed by atoms with Crippen molar-refractivity contribution in [2.45, 2.75) is 25.0 Å². The van der Waals surface area contributed by atoms with Crippen molar-refractivity contribution >= 4 is 29.5 Å². The van der Waals surface area contributed by atoms with Crippen LogP contribution in [-0.2, 0) is 20.9 Å². The fourth-order valence-electron chi connectivity index (χ4n) is 5.41. The molecule has 0 aromatic heterocycles. The van der Waals surface area contributed by atoms with E-state index in [1.165, 1.54) is 35.1 Å². The van der Waals surface area contributed by atoms with Crippen LogP contribution in [0.25, 0.3) is 0 Å². The van der Waals surface area contributed by atoms with Gasteiger partial charge in [-0.15, -0.1) is 0 Å². The number of amides is 4. The van der Waals surface area contributed by atoms with Gasteiger partial charge < -0.3 is 25.0 Å². The minimum Gasteiger partial charge on any atom is -0.497 e. The number of Topliss-reactive ketones (excluding diaryl/α,β-unsaturated/α-hetero) is 1. The molecule has 4 amide bonds.